The number of nitrogens with zero attached hydrogens (tertiary/aromatic N) is 1. The summed E-state index contributed by atoms with van der Waals surface area (Å²) in [7, 11) is 0. The van der Waals surface area contributed by atoms with Crippen LogP contribution in [0.25, 0.3) is 0 Å². The van der Waals surface area contributed by atoms with E-state index in [0.29, 0.717) is 0 Å². The van der Waals surface area contributed by atoms with E-state index in [9.17, 15) is 14.4 Å². The number of nitrogens with one attached hydrogen (secondary N) is 1. The van der Waals surface area contributed by atoms with Crippen LogP contribution in [-0.2, 0) is 27.2 Å². The molecule has 0 radical (unpaired) electrons. The Balaban J connectivity index is 1.28. The molecule has 32 heavy (non-hydrogen) atoms. The second kappa shape index (κ2) is 9.18. The minimum absolute atomic E-state index is 0.0722. The van der Waals surface area contributed by atoms with Crippen molar-refractivity contribution in [3.63, 3.8) is 0 Å². The molecule has 2 heterocycles. The maximum atomic E-state index is 12.9. The van der Waals surface area contributed by atoms with Crippen molar-refractivity contribution in [2.75, 3.05) is 6.54 Å². The number of imide groups is 1. The molecular weight excluding hydrogens is 420 g/mol. The Morgan fingerprint density at radius 3 is 2.41 bits per heavy atom. The lowest BCUT2D eigenvalue weighted by Crippen LogP contribution is -2.36. The van der Waals surface area contributed by atoms with Crippen LogP contribution in [-0.4, -0.2) is 29.2 Å². The monoisotopic (exact) mass is 450 g/mol. The van der Waals surface area contributed by atoms with Gasteiger partial charge in [-0.15, -0.1) is 11.3 Å². The van der Waals surface area contributed by atoms with Crippen LogP contribution in [0.5, 0.6) is 0 Å². The van der Waals surface area contributed by atoms with E-state index in [2.05, 4.69) is 23.5 Å². The standard InChI is InChI=1S/C26H30N2O3S/c29-23(13-14-28-25(30)20-8-3-4-9-21(20)26(28)31)27-24(22-10-5-15-32-22)19-12-11-17-6-1-2-7-18(17)16-19/h5,10-12,15-16,20-21,24H,1-4,6-9,13-14H2,(H,27,29). The molecule has 2 aromatic rings. The lowest BCUT2D eigenvalue weighted by Gasteiger charge is -2.22. The molecule has 5 rings (SSSR count). The third kappa shape index (κ3) is 4.13. The largest absolute Gasteiger partial charge is 0.344 e. The maximum absolute atomic E-state index is 12.9. The van der Waals surface area contributed by atoms with Crippen molar-refractivity contribution in [3.05, 3.63) is 57.3 Å². The maximum Gasteiger partial charge on any atom is 0.233 e. The molecule has 3 aliphatic rings. The highest BCUT2D eigenvalue weighted by atomic mass is 32.1. The summed E-state index contributed by atoms with van der Waals surface area (Å²) < 4.78 is 0. The summed E-state index contributed by atoms with van der Waals surface area (Å²) in [4.78, 5) is 40.8. The van der Waals surface area contributed by atoms with Crippen LogP contribution in [0, 0.1) is 11.8 Å². The summed E-state index contributed by atoms with van der Waals surface area (Å²) in [6, 6.07) is 10.4. The van der Waals surface area contributed by atoms with Crippen LogP contribution < -0.4 is 5.32 Å². The molecule has 168 valence electrons. The van der Waals surface area contributed by atoms with Crippen molar-refractivity contribution in [1.29, 1.82) is 0 Å². The van der Waals surface area contributed by atoms with E-state index < -0.39 is 0 Å². The van der Waals surface area contributed by atoms with E-state index >= 15 is 0 Å². The number of benzene rings is 1. The predicted octanol–water partition coefficient (Wildman–Crippen LogP) is 4.40. The SMILES string of the molecule is O=C(CCN1C(=O)C2CCCCC2C1=O)NC(c1ccc2c(c1)CCCC2)c1cccs1. The van der Waals surface area contributed by atoms with Gasteiger partial charge in [-0.3, -0.25) is 19.3 Å². The van der Waals surface area contributed by atoms with Crippen molar-refractivity contribution in [3.8, 4) is 0 Å². The summed E-state index contributed by atoms with van der Waals surface area (Å²) in [5, 5.41) is 5.21. The number of aryl methyl sites for hydroxylation is 2. The normalized spacial score (nSPS) is 23.6. The quantitative estimate of drug-likeness (QED) is 0.664. The molecule has 3 atom stereocenters. The van der Waals surface area contributed by atoms with Gasteiger partial charge in [0.05, 0.1) is 17.9 Å². The van der Waals surface area contributed by atoms with Gasteiger partial charge in [0.2, 0.25) is 17.7 Å². The average Bonchev–Trinajstić information content (AvgIpc) is 3.44. The number of carbonyl (C=O) groups excluding carboxylic acids is 3. The first-order chi connectivity index (χ1) is 15.6. The predicted molar refractivity (Wildman–Crippen MR) is 124 cm³/mol. The number of fused-ring (bicyclic) bond motifs is 2. The fraction of sp³-hybridized carbons (Fsp3) is 0.500. The highest BCUT2D eigenvalue weighted by Crippen LogP contribution is 2.38. The highest BCUT2D eigenvalue weighted by molar-refractivity contribution is 7.10. The molecule has 1 saturated heterocycles. The smallest absolute Gasteiger partial charge is 0.233 e. The van der Waals surface area contributed by atoms with Gasteiger partial charge in [0.25, 0.3) is 0 Å². The molecule has 3 unspecified atom stereocenters. The first-order valence-electron chi connectivity index (χ1n) is 11.9. The molecule has 6 heteroatoms. The Kier molecular flexibility index (Phi) is 6.13. The van der Waals surface area contributed by atoms with Gasteiger partial charge in [0, 0.05) is 17.8 Å². The third-order valence-electron chi connectivity index (χ3n) is 7.33. The molecule has 1 aromatic carbocycles. The Hall–Kier alpha value is -2.47. The number of rotatable bonds is 6. The highest BCUT2D eigenvalue weighted by Gasteiger charge is 2.47. The second-order valence-corrected chi connectivity index (χ2v) is 10.3. The van der Waals surface area contributed by atoms with Crippen LogP contribution in [0.2, 0.25) is 0 Å². The van der Waals surface area contributed by atoms with E-state index in [1.54, 1.807) is 11.3 Å². The Bertz CT molecular complexity index is 992. The molecular formula is C26H30N2O3S. The molecule has 3 amide bonds. The van der Waals surface area contributed by atoms with Crippen LogP contribution >= 0.6 is 11.3 Å². The first kappa shape index (κ1) is 21.4. The summed E-state index contributed by atoms with van der Waals surface area (Å²) >= 11 is 1.63. The Morgan fingerprint density at radius 1 is 1.00 bits per heavy atom. The van der Waals surface area contributed by atoms with E-state index in [-0.39, 0.29) is 48.6 Å². The fourth-order valence-electron chi connectivity index (χ4n) is 5.61. The van der Waals surface area contributed by atoms with Gasteiger partial charge in [-0.05, 0) is 66.7 Å². The van der Waals surface area contributed by atoms with Gasteiger partial charge >= 0.3 is 0 Å². The molecule has 1 aliphatic heterocycles. The average molecular weight is 451 g/mol. The van der Waals surface area contributed by atoms with Crippen molar-refractivity contribution in [2.24, 2.45) is 11.8 Å². The summed E-state index contributed by atoms with van der Waals surface area (Å²) in [6.45, 7) is 0.178. The van der Waals surface area contributed by atoms with Crippen molar-refractivity contribution in [1.82, 2.24) is 10.2 Å². The second-order valence-electron chi connectivity index (χ2n) is 9.33. The van der Waals surface area contributed by atoms with E-state index in [0.717, 1.165) is 49.0 Å². The topological polar surface area (TPSA) is 66.5 Å². The number of amides is 3. The lowest BCUT2D eigenvalue weighted by atomic mass is 9.81. The number of carbonyl (C=O) groups is 3. The van der Waals surface area contributed by atoms with Gasteiger partial charge in [0.1, 0.15) is 0 Å². The zero-order valence-corrected chi connectivity index (χ0v) is 19.2. The van der Waals surface area contributed by atoms with E-state index in [1.165, 1.54) is 28.9 Å². The minimum Gasteiger partial charge on any atom is -0.344 e. The summed E-state index contributed by atoms with van der Waals surface area (Å²) in [5.41, 5.74) is 3.91. The summed E-state index contributed by atoms with van der Waals surface area (Å²) in [5.74, 6) is -0.590. The summed E-state index contributed by atoms with van der Waals surface area (Å²) in [6.07, 6.45) is 8.45. The minimum atomic E-state index is -0.206. The van der Waals surface area contributed by atoms with Gasteiger partial charge < -0.3 is 5.32 Å². The molecule has 1 aromatic heterocycles. The number of likely N-dealkylation sites (tertiary alicyclic amines) is 1. The molecule has 2 aliphatic carbocycles. The van der Waals surface area contributed by atoms with Gasteiger partial charge in [-0.2, -0.15) is 0 Å². The van der Waals surface area contributed by atoms with E-state index in [1.807, 2.05) is 17.5 Å². The van der Waals surface area contributed by atoms with Crippen molar-refractivity contribution in [2.45, 2.75) is 63.8 Å². The Labute approximate surface area is 193 Å². The molecule has 1 N–H and O–H groups in total. The van der Waals surface area contributed by atoms with Gasteiger partial charge in [-0.1, -0.05) is 37.1 Å². The number of hydrogen-bond donors (Lipinski definition) is 1. The lowest BCUT2D eigenvalue weighted by molar-refractivity contribution is -0.140. The van der Waals surface area contributed by atoms with Crippen LogP contribution in [0.1, 0.15) is 72.6 Å². The zero-order chi connectivity index (χ0) is 22.1. The molecule has 5 nitrogen and oxygen atoms in total. The first-order valence-corrected chi connectivity index (χ1v) is 12.8. The van der Waals surface area contributed by atoms with E-state index in [4.69, 9.17) is 0 Å². The molecule has 1 saturated carbocycles. The molecule has 0 bridgehead atoms. The molecule has 2 fully saturated rings. The number of thiophene rings is 1. The number of hydrogen-bond acceptors (Lipinski definition) is 4. The Morgan fingerprint density at radius 2 is 1.72 bits per heavy atom. The van der Waals surface area contributed by atoms with Crippen LogP contribution in [0.4, 0.5) is 0 Å². The molecule has 0 spiro atoms. The van der Waals surface area contributed by atoms with Gasteiger partial charge in [-0.25, -0.2) is 0 Å². The third-order valence-corrected chi connectivity index (χ3v) is 8.27. The van der Waals surface area contributed by atoms with Gasteiger partial charge in [0.15, 0.2) is 0 Å². The van der Waals surface area contributed by atoms with Crippen molar-refractivity contribution < 1.29 is 14.4 Å². The van der Waals surface area contributed by atoms with Crippen LogP contribution in [0.3, 0.4) is 0 Å². The van der Waals surface area contributed by atoms with Crippen LogP contribution in [0.15, 0.2) is 35.7 Å². The zero-order valence-electron chi connectivity index (χ0n) is 18.3. The fourth-order valence-corrected chi connectivity index (χ4v) is 6.41. The van der Waals surface area contributed by atoms with Crippen molar-refractivity contribution >= 4 is 29.1 Å².